The van der Waals surface area contributed by atoms with Crippen molar-refractivity contribution in [3.05, 3.63) is 166 Å². The van der Waals surface area contributed by atoms with Gasteiger partial charge >= 0.3 is 6.18 Å². The highest BCUT2D eigenvalue weighted by atomic mass is 19.4. The Labute approximate surface area is 343 Å². The van der Waals surface area contributed by atoms with Crippen LogP contribution in [0, 0.1) is 12.3 Å². The fourth-order valence-electron chi connectivity index (χ4n) is 7.89. The van der Waals surface area contributed by atoms with Crippen molar-refractivity contribution in [3.8, 4) is 0 Å². The van der Waals surface area contributed by atoms with Gasteiger partial charge in [0.25, 0.3) is 5.91 Å². The summed E-state index contributed by atoms with van der Waals surface area (Å²) in [4.78, 5) is 26.0. The van der Waals surface area contributed by atoms with Crippen molar-refractivity contribution in [1.82, 2.24) is 19.4 Å². The summed E-state index contributed by atoms with van der Waals surface area (Å²) in [6.07, 6.45) is -2.20. The van der Waals surface area contributed by atoms with Gasteiger partial charge in [-0.25, -0.2) is 4.98 Å². The molecule has 1 aliphatic heterocycles. The number of imidazole rings is 1. The SMILES string of the molecule is Cc1ccccc1N1CCN(CCCn2c(CCc3ccc(C(=N)N)cc3)nc3cc(C(=O)N(Cc4ccc(CN)cc4)Cc4cccc(C(F)(F)F)c4)ccc32)CC1. The van der Waals surface area contributed by atoms with Gasteiger partial charge in [0.2, 0.25) is 0 Å². The molecule has 0 unspecified atom stereocenters. The molecule has 6 aromatic rings. The minimum absolute atomic E-state index is 0.0131. The van der Waals surface area contributed by atoms with Crippen molar-refractivity contribution in [1.29, 1.82) is 5.41 Å². The number of anilines is 1. The number of rotatable bonds is 15. The van der Waals surface area contributed by atoms with E-state index in [2.05, 4.69) is 45.6 Å². The molecule has 1 amide bonds. The van der Waals surface area contributed by atoms with Crippen LogP contribution in [-0.2, 0) is 45.2 Å². The van der Waals surface area contributed by atoms with Gasteiger partial charge < -0.3 is 25.8 Å². The number of hydrogen-bond donors (Lipinski definition) is 3. The summed E-state index contributed by atoms with van der Waals surface area (Å²) in [5.41, 5.74) is 19.3. The van der Waals surface area contributed by atoms with Crippen LogP contribution in [-0.4, -0.2) is 63.8 Å². The Morgan fingerprint density at radius 2 is 1.44 bits per heavy atom. The number of carbonyl (C=O) groups excluding carboxylic acids is 1. The number of piperazine rings is 1. The lowest BCUT2D eigenvalue weighted by Crippen LogP contribution is -2.47. The van der Waals surface area contributed by atoms with Crippen LogP contribution in [0.4, 0.5) is 18.9 Å². The van der Waals surface area contributed by atoms with E-state index in [1.807, 2.05) is 54.6 Å². The lowest BCUT2D eigenvalue weighted by Gasteiger charge is -2.36. The minimum atomic E-state index is -4.50. The zero-order chi connectivity index (χ0) is 41.5. The van der Waals surface area contributed by atoms with Crippen LogP contribution in [0.25, 0.3) is 11.0 Å². The Morgan fingerprint density at radius 3 is 2.14 bits per heavy atom. The van der Waals surface area contributed by atoms with E-state index >= 15 is 0 Å². The molecule has 5 aromatic carbocycles. The maximum atomic E-state index is 14.4. The summed E-state index contributed by atoms with van der Waals surface area (Å²) in [5, 5.41) is 7.75. The largest absolute Gasteiger partial charge is 0.416 e. The molecule has 1 fully saturated rings. The molecule has 0 bridgehead atoms. The van der Waals surface area contributed by atoms with Crippen LogP contribution in [0.2, 0.25) is 0 Å². The smallest absolute Gasteiger partial charge is 0.384 e. The van der Waals surface area contributed by atoms with Crippen molar-refractivity contribution >= 4 is 28.5 Å². The van der Waals surface area contributed by atoms with Gasteiger partial charge in [-0.15, -0.1) is 0 Å². The third kappa shape index (κ3) is 10.2. The molecule has 2 heterocycles. The predicted molar refractivity (Wildman–Crippen MR) is 228 cm³/mol. The van der Waals surface area contributed by atoms with E-state index in [4.69, 9.17) is 21.9 Å². The summed E-state index contributed by atoms with van der Waals surface area (Å²) in [6.45, 7) is 8.35. The van der Waals surface area contributed by atoms with Gasteiger partial charge in [-0.1, -0.05) is 78.9 Å². The molecule has 12 heteroatoms. The predicted octanol–water partition coefficient (Wildman–Crippen LogP) is 7.95. The highest BCUT2D eigenvalue weighted by molar-refractivity contribution is 5.97. The lowest BCUT2D eigenvalue weighted by molar-refractivity contribution is -0.137. The molecular formula is C47H51F3N8O. The minimum Gasteiger partial charge on any atom is -0.384 e. The molecule has 59 heavy (non-hydrogen) atoms. The van der Waals surface area contributed by atoms with Crippen molar-refractivity contribution in [2.45, 2.75) is 58.5 Å². The summed E-state index contributed by atoms with van der Waals surface area (Å²) < 4.78 is 43.3. The standard InChI is InChI=1S/C47H51F3N8O/c1-33-6-2-3-9-42(33)56-26-24-55(25-27-56)22-5-23-58-43-20-19-39(29-41(43)54-44(58)21-16-34-14-17-38(18-15-34)45(52)53)46(59)57(31-36-12-10-35(30-51)11-13-36)32-37-7-4-8-40(28-37)47(48,49)50/h2-4,6-15,17-20,28-29H,5,16,21-27,30-32,51H2,1H3,(H3,52,53). The number of nitrogens with one attached hydrogen (secondary N) is 1. The monoisotopic (exact) mass is 800 g/mol. The first kappa shape index (κ1) is 41.2. The topological polar surface area (TPSA) is 120 Å². The average Bonchev–Trinajstić information content (AvgIpc) is 3.59. The number of fused-ring (bicyclic) bond motifs is 1. The Morgan fingerprint density at radius 1 is 0.763 bits per heavy atom. The van der Waals surface area contributed by atoms with Gasteiger partial charge in [-0.05, 0) is 90.5 Å². The molecule has 0 saturated carbocycles. The third-order valence-electron chi connectivity index (χ3n) is 11.2. The number of nitrogens with zero attached hydrogens (tertiary/aromatic N) is 5. The number of benzene rings is 5. The van der Waals surface area contributed by atoms with Gasteiger partial charge in [-0.3, -0.25) is 15.1 Å². The van der Waals surface area contributed by atoms with E-state index in [-0.39, 0.29) is 24.8 Å². The molecule has 306 valence electrons. The van der Waals surface area contributed by atoms with Crippen LogP contribution in [0.1, 0.15) is 61.5 Å². The number of nitrogen functional groups attached to an aromatic ring is 1. The molecule has 1 saturated heterocycles. The highest BCUT2D eigenvalue weighted by Crippen LogP contribution is 2.30. The Hall–Kier alpha value is -5.98. The number of carbonyl (C=O) groups is 1. The molecule has 1 aliphatic rings. The second kappa shape index (κ2) is 18.3. The van der Waals surface area contributed by atoms with Crippen molar-refractivity contribution in [2.75, 3.05) is 37.6 Å². The van der Waals surface area contributed by atoms with Gasteiger partial charge in [-0.2, -0.15) is 13.2 Å². The summed E-state index contributed by atoms with van der Waals surface area (Å²) >= 11 is 0. The zero-order valence-electron chi connectivity index (χ0n) is 33.4. The lowest BCUT2D eigenvalue weighted by atomic mass is 10.1. The van der Waals surface area contributed by atoms with Gasteiger partial charge in [0.05, 0.1) is 16.6 Å². The number of hydrogen-bond acceptors (Lipinski definition) is 6. The third-order valence-corrected chi connectivity index (χ3v) is 11.2. The Kier molecular flexibility index (Phi) is 12.8. The molecule has 9 nitrogen and oxygen atoms in total. The average molecular weight is 801 g/mol. The van der Waals surface area contributed by atoms with E-state index < -0.39 is 11.7 Å². The Bertz CT molecular complexity index is 2380. The second-order valence-electron chi connectivity index (χ2n) is 15.3. The van der Waals surface area contributed by atoms with E-state index in [1.165, 1.54) is 17.3 Å². The van der Waals surface area contributed by atoms with Crippen LogP contribution in [0.5, 0.6) is 0 Å². The molecule has 7 rings (SSSR count). The van der Waals surface area contributed by atoms with E-state index in [0.717, 1.165) is 92.3 Å². The van der Waals surface area contributed by atoms with Gasteiger partial charge in [0, 0.05) is 75.6 Å². The molecule has 5 N–H and O–H groups in total. The fourth-order valence-corrected chi connectivity index (χ4v) is 7.89. The van der Waals surface area contributed by atoms with Crippen LogP contribution >= 0.6 is 0 Å². The van der Waals surface area contributed by atoms with Gasteiger partial charge in [0.1, 0.15) is 11.7 Å². The van der Waals surface area contributed by atoms with Gasteiger partial charge in [0.15, 0.2) is 0 Å². The zero-order valence-corrected chi connectivity index (χ0v) is 33.4. The number of para-hydroxylation sites is 1. The fraction of sp³-hybridized carbons (Fsp3) is 0.298. The van der Waals surface area contributed by atoms with Crippen LogP contribution in [0.3, 0.4) is 0 Å². The normalized spacial score (nSPS) is 13.5. The number of aryl methyl sites for hydroxylation is 4. The maximum absolute atomic E-state index is 14.4. The number of amides is 1. The van der Waals surface area contributed by atoms with E-state index in [1.54, 1.807) is 23.1 Å². The summed E-state index contributed by atoms with van der Waals surface area (Å²) in [5.74, 6) is 0.627. The first-order valence-electron chi connectivity index (χ1n) is 20.1. The summed E-state index contributed by atoms with van der Waals surface area (Å²) in [7, 11) is 0. The number of nitrogens with two attached hydrogens (primary N) is 2. The summed E-state index contributed by atoms with van der Waals surface area (Å²) in [6, 6.07) is 34.5. The molecule has 0 atom stereocenters. The molecule has 0 aliphatic carbocycles. The van der Waals surface area contributed by atoms with E-state index in [0.29, 0.717) is 35.2 Å². The highest BCUT2D eigenvalue weighted by Gasteiger charge is 2.31. The number of aromatic nitrogens is 2. The molecule has 0 spiro atoms. The first-order valence-corrected chi connectivity index (χ1v) is 20.1. The van der Waals surface area contributed by atoms with Crippen LogP contribution in [0.15, 0.2) is 115 Å². The van der Waals surface area contributed by atoms with Crippen molar-refractivity contribution in [3.63, 3.8) is 0 Å². The number of halogens is 3. The first-order chi connectivity index (χ1) is 28.4. The molecular weight excluding hydrogens is 750 g/mol. The quantitative estimate of drug-likeness (QED) is 0.0717. The van der Waals surface area contributed by atoms with E-state index in [9.17, 15) is 18.0 Å². The van der Waals surface area contributed by atoms with Crippen molar-refractivity contribution < 1.29 is 18.0 Å². The molecule has 1 aromatic heterocycles. The van der Waals surface area contributed by atoms with Crippen LogP contribution < -0.4 is 16.4 Å². The number of amidine groups is 1. The second-order valence-corrected chi connectivity index (χ2v) is 15.3. The molecule has 0 radical (unpaired) electrons. The Balaban J connectivity index is 1.12. The van der Waals surface area contributed by atoms with Crippen molar-refractivity contribution in [2.24, 2.45) is 11.5 Å². The maximum Gasteiger partial charge on any atom is 0.416 e. The number of alkyl halides is 3.